The summed E-state index contributed by atoms with van der Waals surface area (Å²) in [6.45, 7) is 3.18. The van der Waals surface area contributed by atoms with E-state index in [0.717, 1.165) is 17.7 Å². The van der Waals surface area contributed by atoms with E-state index in [1.54, 1.807) is 17.2 Å². The molecule has 0 atom stereocenters. The third kappa shape index (κ3) is 3.30. The average Bonchev–Trinajstić information content (AvgIpc) is 3.03. The SMILES string of the molecule is Cc1cccnc1C1=CCN(C(=O)Nc2nc3ccc(F)cc3s2)CC1. The van der Waals surface area contributed by atoms with Gasteiger partial charge in [-0.2, -0.15) is 0 Å². The van der Waals surface area contributed by atoms with Crippen LogP contribution in [0.4, 0.5) is 14.3 Å². The lowest BCUT2D eigenvalue weighted by molar-refractivity contribution is 0.217. The Balaban J connectivity index is 1.45. The van der Waals surface area contributed by atoms with Gasteiger partial charge >= 0.3 is 6.03 Å². The quantitative estimate of drug-likeness (QED) is 0.726. The zero-order valence-electron chi connectivity index (χ0n) is 14.2. The van der Waals surface area contributed by atoms with Crippen LogP contribution >= 0.6 is 11.3 Å². The maximum absolute atomic E-state index is 13.3. The first kappa shape index (κ1) is 16.7. The standard InChI is InChI=1S/C19H17FN4OS/c1-12-3-2-8-21-17(12)13-6-9-24(10-7-13)19(25)23-18-22-15-5-4-14(20)11-16(15)26-18/h2-6,8,11H,7,9-10H2,1H3,(H,22,23,25). The molecule has 0 bridgehead atoms. The maximum Gasteiger partial charge on any atom is 0.323 e. The molecule has 0 fully saturated rings. The molecule has 7 heteroatoms. The van der Waals surface area contributed by atoms with Crippen molar-refractivity contribution in [3.05, 3.63) is 59.7 Å². The summed E-state index contributed by atoms with van der Waals surface area (Å²) < 4.78 is 14.0. The van der Waals surface area contributed by atoms with Crippen LogP contribution in [-0.4, -0.2) is 34.0 Å². The van der Waals surface area contributed by atoms with E-state index in [1.165, 1.54) is 29.0 Å². The van der Waals surface area contributed by atoms with E-state index >= 15 is 0 Å². The van der Waals surface area contributed by atoms with E-state index in [2.05, 4.69) is 15.3 Å². The lowest BCUT2D eigenvalue weighted by Gasteiger charge is -2.26. The third-order valence-electron chi connectivity index (χ3n) is 4.37. The van der Waals surface area contributed by atoms with Crippen molar-refractivity contribution >= 4 is 38.3 Å². The van der Waals surface area contributed by atoms with Gasteiger partial charge in [0.25, 0.3) is 0 Å². The Labute approximate surface area is 154 Å². The molecule has 26 heavy (non-hydrogen) atoms. The Morgan fingerprint density at radius 2 is 2.23 bits per heavy atom. The molecule has 0 aliphatic carbocycles. The van der Waals surface area contributed by atoms with Gasteiger partial charge < -0.3 is 4.90 Å². The number of hydrogen-bond donors (Lipinski definition) is 1. The number of halogens is 1. The molecule has 1 N–H and O–H groups in total. The van der Waals surface area contributed by atoms with Gasteiger partial charge in [0.1, 0.15) is 5.82 Å². The highest BCUT2D eigenvalue weighted by Crippen LogP contribution is 2.27. The average molecular weight is 368 g/mol. The molecule has 1 aromatic carbocycles. The molecule has 0 radical (unpaired) electrons. The molecule has 2 aromatic heterocycles. The number of fused-ring (bicyclic) bond motifs is 1. The van der Waals surface area contributed by atoms with Crippen molar-refractivity contribution in [3.63, 3.8) is 0 Å². The van der Waals surface area contributed by atoms with E-state index in [-0.39, 0.29) is 11.8 Å². The van der Waals surface area contributed by atoms with Crippen LogP contribution < -0.4 is 5.32 Å². The Bertz CT molecular complexity index is 1010. The number of benzene rings is 1. The molecule has 2 amide bonds. The second-order valence-electron chi connectivity index (χ2n) is 6.16. The lowest BCUT2D eigenvalue weighted by Crippen LogP contribution is -2.37. The number of nitrogens with zero attached hydrogens (tertiary/aromatic N) is 3. The first-order valence-electron chi connectivity index (χ1n) is 8.33. The number of nitrogens with one attached hydrogen (secondary N) is 1. The second-order valence-corrected chi connectivity index (χ2v) is 7.19. The van der Waals surface area contributed by atoms with Crippen LogP contribution in [0.25, 0.3) is 15.8 Å². The minimum atomic E-state index is -0.308. The van der Waals surface area contributed by atoms with Gasteiger partial charge in [-0.15, -0.1) is 0 Å². The number of carbonyl (C=O) groups excluding carboxylic acids is 1. The van der Waals surface area contributed by atoms with Crippen LogP contribution in [-0.2, 0) is 0 Å². The summed E-state index contributed by atoms with van der Waals surface area (Å²) in [7, 11) is 0. The van der Waals surface area contributed by atoms with Crippen molar-refractivity contribution in [2.45, 2.75) is 13.3 Å². The zero-order valence-corrected chi connectivity index (χ0v) is 15.0. The number of aryl methyl sites for hydroxylation is 1. The van der Waals surface area contributed by atoms with Crippen molar-refractivity contribution < 1.29 is 9.18 Å². The highest BCUT2D eigenvalue weighted by molar-refractivity contribution is 7.22. The number of carbonyl (C=O) groups is 1. The minimum Gasteiger partial charge on any atom is -0.320 e. The summed E-state index contributed by atoms with van der Waals surface area (Å²) in [6, 6.07) is 8.17. The molecular formula is C19H17FN4OS. The van der Waals surface area contributed by atoms with Gasteiger partial charge in [-0.3, -0.25) is 10.3 Å². The molecule has 3 aromatic rings. The Morgan fingerprint density at radius 1 is 1.35 bits per heavy atom. The largest absolute Gasteiger partial charge is 0.323 e. The second kappa shape index (κ2) is 6.84. The number of rotatable bonds is 2. The van der Waals surface area contributed by atoms with Crippen LogP contribution in [0.5, 0.6) is 0 Å². The molecule has 0 saturated heterocycles. The fraction of sp³-hybridized carbons (Fsp3) is 0.211. The summed E-state index contributed by atoms with van der Waals surface area (Å²) in [4.78, 5) is 23.0. The first-order valence-corrected chi connectivity index (χ1v) is 9.15. The predicted octanol–water partition coefficient (Wildman–Crippen LogP) is 4.46. The van der Waals surface area contributed by atoms with Crippen LogP contribution in [0.15, 0.2) is 42.6 Å². The van der Waals surface area contributed by atoms with Crippen LogP contribution in [0.1, 0.15) is 17.7 Å². The van der Waals surface area contributed by atoms with Gasteiger partial charge in [-0.05, 0) is 48.7 Å². The van der Waals surface area contributed by atoms with Crippen molar-refractivity contribution in [2.75, 3.05) is 18.4 Å². The van der Waals surface area contributed by atoms with Crippen molar-refractivity contribution in [2.24, 2.45) is 0 Å². The van der Waals surface area contributed by atoms with Crippen molar-refractivity contribution in [1.82, 2.24) is 14.9 Å². The molecule has 1 aliphatic heterocycles. The molecule has 4 rings (SSSR count). The highest BCUT2D eigenvalue weighted by Gasteiger charge is 2.20. The van der Waals surface area contributed by atoms with Crippen molar-refractivity contribution in [3.8, 4) is 0 Å². The normalized spacial score (nSPS) is 14.4. The number of hydrogen-bond acceptors (Lipinski definition) is 4. The Kier molecular flexibility index (Phi) is 4.38. The van der Waals surface area contributed by atoms with Crippen molar-refractivity contribution in [1.29, 1.82) is 0 Å². The van der Waals surface area contributed by atoms with E-state index in [0.29, 0.717) is 28.4 Å². The number of pyridine rings is 1. The molecule has 0 spiro atoms. The smallest absolute Gasteiger partial charge is 0.320 e. The molecular weight excluding hydrogens is 351 g/mol. The Hall–Kier alpha value is -2.80. The molecule has 3 heterocycles. The zero-order chi connectivity index (χ0) is 18.1. The van der Waals surface area contributed by atoms with E-state index in [1.807, 2.05) is 25.1 Å². The molecule has 5 nitrogen and oxygen atoms in total. The van der Waals surface area contributed by atoms with Crippen LogP contribution in [0.3, 0.4) is 0 Å². The fourth-order valence-electron chi connectivity index (χ4n) is 3.01. The molecule has 132 valence electrons. The van der Waals surface area contributed by atoms with Gasteiger partial charge in [-0.25, -0.2) is 14.2 Å². The van der Waals surface area contributed by atoms with Gasteiger partial charge in [0.15, 0.2) is 5.13 Å². The molecule has 0 saturated carbocycles. The minimum absolute atomic E-state index is 0.197. The number of aromatic nitrogens is 2. The molecule has 1 aliphatic rings. The van der Waals surface area contributed by atoms with Gasteiger partial charge in [-0.1, -0.05) is 23.5 Å². The number of amides is 2. The lowest BCUT2D eigenvalue weighted by atomic mass is 10.0. The van der Waals surface area contributed by atoms with E-state index in [4.69, 9.17) is 0 Å². The predicted molar refractivity (Wildman–Crippen MR) is 102 cm³/mol. The van der Waals surface area contributed by atoms with Crippen LogP contribution in [0, 0.1) is 12.7 Å². The van der Waals surface area contributed by atoms with Gasteiger partial charge in [0.05, 0.1) is 15.9 Å². The van der Waals surface area contributed by atoms with Crippen LogP contribution in [0.2, 0.25) is 0 Å². The monoisotopic (exact) mass is 368 g/mol. The van der Waals surface area contributed by atoms with Gasteiger partial charge in [0.2, 0.25) is 0 Å². The molecule has 0 unspecified atom stereocenters. The number of anilines is 1. The van der Waals surface area contributed by atoms with E-state index < -0.39 is 0 Å². The van der Waals surface area contributed by atoms with Gasteiger partial charge in [0, 0.05) is 19.3 Å². The summed E-state index contributed by atoms with van der Waals surface area (Å²) in [5.74, 6) is -0.308. The summed E-state index contributed by atoms with van der Waals surface area (Å²) in [5.41, 5.74) is 3.99. The first-order chi connectivity index (χ1) is 12.6. The highest BCUT2D eigenvalue weighted by atomic mass is 32.1. The summed E-state index contributed by atoms with van der Waals surface area (Å²) in [5, 5.41) is 3.29. The number of urea groups is 1. The maximum atomic E-state index is 13.3. The summed E-state index contributed by atoms with van der Waals surface area (Å²) >= 11 is 1.27. The fourth-order valence-corrected chi connectivity index (χ4v) is 3.89. The topological polar surface area (TPSA) is 58.1 Å². The summed E-state index contributed by atoms with van der Waals surface area (Å²) in [6.07, 6.45) is 4.60. The number of thiazole rings is 1. The Morgan fingerprint density at radius 3 is 3.00 bits per heavy atom. The van der Waals surface area contributed by atoms with E-state index in [9.17, 15) is 9.18 Å². The third-order valence-corrected chi connectivity index (χ3v) is 5.31.